The molecule has 1 nitrogen and oxygen atoms in total. The largest absolute Gasteiger partial charge is 0.277 e. The molecular formula is C12H13NS. The van der Waals surface area contributed by atoms with Crippen LogP contribution in [-0.2, 0) is 6.42 Å². The van der Waals surface area contributed by atoms with Gasteiger partial charge >= 0.3 is 0 Å². The molecule has 1 aliphatic rings. The van der Waals surface area contributed by atoms with Gasteiger partial charge in [0.1, 0.15) is 0 Å². The predicted octanol–water partition coefficient (Wildman–Crippen LogP) is 2.91. The van der Waals surface area contributed by atoms with Gasteiger partial charge in [-0.3, -0.25) is 4.99 Å². The predicted molar refractivity (Wildman–Crippen MR) is 64.2 cm³/mol. The second kappa shape index (κ2) is 4.47. The normalized spacial score (nSPS) is 14.4. The summed E-state index contributed by atoms with van der Waals surface area (Å²) in [5, 5.41) is 1.17. The van der Waals surface area contributed by atoms with Gasteiger partial charge in [-0.05, 0) is 12.0 Å². The van der Waals surface area contributed by atoms with Crippen molar-refractivity contribution in [2.45, 2.75) is 6.42 Å². The van der Waals surface area contributed by atoms with Crippen LogP contribution in [0.15, 0.2) is 41.9 Å². The van der Waals surface area contributed by atoms with E-state index in [1.54, 1.807) is 11.8 Å². The van der Waals surface area contributed by atoms with E-state index in [1.165, 1.54) is 16.2 Å². The van der Waals surface area contributed by atoms with Gasteiger partial charge in [0.05, 0.1) is 5.04 Å². The first kappa shape index (κ1) is 9.53. The molecule has 1 aliphatic heterocycles. The molecule has 0 saturated carbocycles. The van der Waals surface area contributed by atoms with Crippen LogP contribution in [-0.4, -0.2) is 17.3 Å². The van der Waals surface area contributed by atoms with Crippen molar-refractivity contribution in [2.75, 3.05) is 12.3 Å². The summed E-state index contributed by atoms with van der Waals surface area (Å²) < 4.78 is 0. The van der Waals surface area contributed by atoms with Gasteiger partial charge in [-0.2, -0.15) is 0 Å². The summed E-state index contributed by atoms with van der Waals surface area (Å²) in [5.41, 5.74) is 2.74. The van der Waals surface area contributed by atoms with E-state index in [4.69, 9.17) is 0 Å². The SMILES string of the molecule is C=CCSC1=NCCc2ccccc21. The number of aliphatic imine (C=N–C) groups is 1. The molecule has 0 aromatic heterocycles. The van der Waals surface area contributed by atoms with Crippen molar-refractivity contribution in [1.29, 1.82) is 0 Å². The fourth-order valence-electron chi connectivity index (χ4n) is 1.57. The molecule has 0 radical (unpaired) electrons. The Bertz CT molecular complexity index is 368. The minimum absolute atomic E-state index is 0.927. The zero-order valence-corrected chi connectivity index (χ0v) is 8.89. The molecule has 0 bridgehead atoms. The quantitative estimate of drug-likeness (QED) is 0.673. The van der Waals surface area contributed by atoms with E-state index >= 15 is 0 Å². The van der Waals surface area contributed by atoms with Crippen molar-refractivity contribution in [3.63, 3.8) is 0 Å². The van der Waals surface area contributed by atoms with Crippen molar-refractivity contribution >= 4 is 16.8 Å². The zero-order valence-electron chi connectivity index (χ0n) is 8.07. The molecular weight excluding hydrogens is 190 g/mol. The van der Waals surface area contributed by atoms with E-state index in [9.17, 15) is 0 Å². The van der Waals surface area contributed by atoms with Gasteiger partial charge in [0.25, 0.3) is 0 Å². The number of thioether (sulfide) groups is 1. The smallest absolute Gasteiger partial charge is 0.0982 e. The number of hydrogen-bond acceptors (Lipinski definition) is 2. The standard InChI is InChI=1S/C12H13NS/c1-2-9-14-12-11-6-4-3-5-10(11)7-8-13-12/h2-6H,1,7-9H2. The molecule has 0 aliphatic carbocycles. The average Bonchev–Trinajstić information content (AvgIpc) is 2.26. The van der Waals surface area contributed by atoms with Crippen LogP contribution >= 0.6 is 11.8 Å². The van der Waals surface area contributed by atoms with Crippen LogP contribution in [0.3, 0.4) is 0 Å². The lowest BCUT2D eigenvalue weighted by molar-refractivity contribution is 0.950. The molecule has 0 fully saturated rings. The molecule has 0 N–H and O–H groups in total. The molecule has 72 valence electrons. The van der Waals surface area contributed by atoms with E-state index < -0.39 is 0 Å². The summed E-state index contributed by atoms with van der Waals surface area (Å²) in [7, 11) is 0. The van der Waals surface area contributed by atoms with Crippen LogP contribution in [0.25, 0.3) is 0 Å². The summed E-state index contributed by atoms with van der Waals surface area (Å²) in [6.07, 6.45) is 3.00. The maximum absolute atomic E-state index is 4.54. The van der Waals surface area contributed by atoms with E-state index in [2.05, 4.69) is 35.8 Å². The molecule has 14 heavy (non-hydrogen) atoms. The Kier molecular flexibility index (Phi) is 3.04. The van der Waals surface area contributed by atoms with Gasteiger partial charge in [0.15, 0.2) is 0 Å². The molecule has 2 rings (SSSR count). The van der Waals surface area contributed by atoms with Gasteiger partial charge in [-0.1, -0.05) is 30.3 Å². The lowest BCUT2D eigenvalue weighted by Gasteiger charge is -2.15. The van der Waals surface area contributed by atoms with Gasteiger partial charge in [0.2, 0.25) is 0 Å². The fourth-order valence-corrected chi connectivity index (χ4v) is 2.38. The van der Waals surface area contributed by atoms with Crippen molar-refractivity contribution in [3.8, 4) is 0 Å². The van der Waals surface area contributed by atoms with Crippen LogP contribution < -0.4 is 0 Å². The summed E-state index contributed by atoms with van der Waals surface area (Å²) >= 11 is 1.77. The highest BCUT2D eigenvalue weighted by atomic mass is 32.2. The minimum atomic E-state index is 0.927. The third-order valence-corrected chi connectivity index (χ3v) is 3.25. The second-order valence-electron chi connectivity index (χ2n) is 3.19. The highest BCUT2D eigenvalue weighted by Gasteiger charge is 2.12. The lowest BCUT2D eigenvalue weighted by Crippen LogP contribution is -2.09. The van der Waals surface area contributed by atoms with Crippen LogP contribution in [0.1, 0.15) is 11.1 Å². The van der Waals surface area contributed by atoms with E-state index in [0.717, 1.165) is 18.7 Å². The first-order valence-corrected chi connectivity index (χ1v) is 5.77. The number of hydrogen-bond donors (Lipinski definition) is 0. The highest BCUT2D eigenvalue weighted by molar-refractivity contribution is 8.14. The summed E-state index contributed by atoms with van der Waals surface area (Å²) in [6.45, 7) is 4.65. The van der Waals surface area contributed by atoms with Gasteiger partial charge in [0, 0.05) is 17.9 Å². The maximum Gasteiger partial charge on any atom is 0.0982 e. The fraction of sp³-hybridized carbons (Fsp3) is 0.250. The van der Waals surface area contributed by atoms with E-state index in [0.29, 0.717) is 0 Å². The Hall–Kier alpha value is -1.02. The number of rotatable bonds is 2. The van der Waals surface area contributed by atoms with Crippen LogP contribution in [0.2, 0.25) is 0 Å². The third-order valence-electron chi connectivity index (χ3n) is 2.22. The van der Waals surface area contributed by atoms with E-state index in [1.807, 2.05) is 6.08 Å². The number of fused-ring (bicyclic) bond motifs is 1. The molecule has 0 unspecified atom stereocenters. The Labute approximate surface area is 88.9 Å². The number of benzene rings is 1. The Balaban J connectivity index is 2.26. The molecule has 0 spiro atoms. The Morgan fingerprint density at radius 1 is 1.43 bits per heavy atom. The lowest BCUT2D eigenvalue weighted by atomic mass is 10.0. The van der Waals surface area contributed by atoms with Crippen LogP contribution in [0, 0.1) is 0 Å². The first-order chi connectivity index (χ1) is 6.92. The van der Waals surface area contributed by atoms with Gasteiger partial charge in [-0.25, -0.2) is 0 Å². The Morgan fingerprint density at radius 2 is 2.29 bits per heavy atom. The molecule has 2 heteroatoms. The topological polar surface area (TPSA) is 12.4 Å². The Morgan fingerprint density at radius 3 is 3.14 bits per heavy atom. The highest BCUT2D eigenvalue weighted by Crippen LogP contribution is 2.22. The van der Waals surface area contributed by atoms with Gasteiger partial charge < -0.3 is 0 Å². The molecule has 1 aromatic carbocycles. The van der Waals surface area contributed by atoms with Crippen LogP contribution in [0.4, 0.5) is 0 Å². The van der Waals surface area contributed by atoms with E-state index in [-0.39, 0.29) is 0 Å². The monoisotopic (exact) mass is 203 g/mol. The van der Waals surface area contributed by atoms with Crippen LogP contribution in [0.5, 0.6) is 0 Å². The maximum atomic E-state index is 4.54. The van der Waals surface area contributed by atoms with Crippen molar-refractivity contribution in [1.82, 2.24) is 0 Å². The first-order valence-electron chi connectivity index (χ1n) is 4.78. The zero-order chi connectivity index (χ0) is 9.80. The average molecular weight is 203 g/mol. The number of nitrogens with zero attached hydrogens (tertiary/aromatic N) is 1. The van der Waals surface area contributed by atoms with Gasteiger partial charge in [-0.15, -0.1) is 18.3 Å². The molecule has 0 amide bonds. The second-order valence-corrected chi connectivity index (χ2v) is 4.20. The molecule has 0 atom stereocenters. The summed E-state index contributed by atoms with van der Waals surface area (Å²) in [4.78, 5) is 4.54. The van der Waals surface area contributed by atoms with Crippen molar-refractivity contribution in [3.05, 3.63) is 48.0 Å². The van der Waals surface area contributed by atoms with Crippen molar-refractivity contribution < 1.29 is 0 Å². The molecule has 1 heterocycles. The molecule has 0 saturated heterocycles. The summed E-state index contributed by atoms with van der Waals surface area (Å²) in [6, 6.07) is 8.52. The summed E-state index contributed by atoms with van der Waals surface area (Å²) in [5.74, 6) is 0.938. The third kappa shape index (κ3) is 1.90. The molecule has 1 aromatic rings. The van der Waals surface area contributed by atoms with Crippen molar-refractivity contribution in [2.24, 2.45) is 4.99 Å². The minimum Gasteiger partial charge on any atom is -0.277 e.